The molecule has 0 heterocycles. The lowest BCUT2D eigenvalue weighted by atomic mass is 10.1. The number of hydrogen-bond donors (Lipinski definition) is 2. The second kappa shape index (κ2) is 5.22. The highest BCUT2D eigenvalue weighted by atomic mass is 16.6. The van der Waals surface area contributed by atoms with Crippen LogP contribution in [0.1, 0.15) is 19.3 Å². The van der Waals surface area contributed by atoms with Gasteiger partial charge in [-0.2, -0.15) is 0 Å². The summed E-state index contributed by atoms with van der Waals surface area (Å²) in [6, 6.07) is 4.94. The number of anilines is 1. The van der Waals surface area contributed by atoms with Gasteiger partial charge in [0.1, 0.15) is 5.75 Å². The van der Waals surface area contributed by atoms with Crippen LogP contribution >= 0.6 is 0 Å². The highest BCUT2D eigenvalue weighted by Crippen LogP contribution is 2.28. The molecule has 3 N–H and O–H groups in total. The predicted octanol–water partition coefficient (Wildman–Crippen LogP) is 1.90. The Labute approximate surface area is 105 Å². The van der Waals surface area contributed by atoms with E-state index in [-0.39, 0.29) is 17.8 Å². The fourth-order valence-corrected chi connectivity index (χ4v) is 2.27. The summed E-state index contributed by atoms with van der Waals surface area (Å²) in [5, 5.41) is 14.1. The average molecular weight is 251 g/mol. The number of nitro groups is 1. The standard InChI is InChI=1S/C12H17N3O3/c1-18-10-6-8(5-9(7-10)15(16)17)14-12-4-2-3-11(12)13/h5-7,11-12,14H,2-4,13H2,1H3. The van der Waals surface area contributed by atoms with Crippen LogP contribution in [-0.2, 0) is 0 Å². The normalized spacial score (nSPS) is 22.8. The van der Waals surface area contributed by atoms with Crippen molar-refractivity contribution in [2.45, 2.75) is 31.3 Å². The van der Waals surface area contributed by atoms with Crippen molar-refractivity contribution in [1.82, 2.24) is 0 Å². The van der Waals surface area contributed by atoms with Crippen LogP contribution in [0.3, 0.4) is 0 Å². The number of hydrogen-bond acceptors (Lipinski definition) is 5. The molecule has 0 spiro atoms. The topological polar surface area (TPSA) is 90.4 Å². The van der Waals surface area contributed by atoms with Gasteiger partial charge < -0.3 is 15.8 Å². The molecule has 6 nitrogen and oxygen atoms in total. The summed E-state index contributed by atoms with van der Waals surface area (Å²) in [5.74, 6) is 0.471. The summed E-state index contributed by atoms with van der Waals surface area (Å²) in [7, 11) is 1.49. The Morgan fingerprint density at radius 3 is 2.78 bits per heavy atom. The Hall–Kier alpha value is -1.82. The maximum absolute atomic E-state index is 10.8. The zero-order valence-corrected chi connectivity index (χ0v) is 10.3. The summed E-state index contributed by atoms with van der Waals surface area (Å²) >= 11 is 0. The first kappa shape index (κ1) is 12.6. The second-order valence-corrected chi connectivity index (χ2v) is 4.52. The number of nitro benzene ring substituents is 1. The lowest BCUT2D eigenvalue weighted by molar-refractivity contribution is -0.384. The van der Waals surface area contributed by atoms with E-state index in [0.29, 0.717) is 11.4 Å². The zero-order valence-electron chi connectivity index (χ0n) is 10.3. The van der Waals surface area contributed by atoms with Crippen molar-refractivity contribution in [3.8, 4) is 5.75 Å². The molecule has 0 amide bonds. The van der Waals surface area contributed by atoms with Gasteiger partial charge in [-0.15, -0.1) is 0 Å². The third-order valence-corrected chi connectivity index (χ3v) is 3.26. The van der Waals surface area contributed by atoms with Crippen molar-refractivity contribution in [3.63, 3.8) is 0 Å². The molecule has 2 rings (SSSR count). The number of nitrogens with two attached hydrogens (primary N) is 1. The third kappa shape index (κ3) is 2.70. The summed E-state index contributed by atoms with van der Waals surface area (Å²) in [4.78, 5) is 10.4. The van der Waals surface area contributed by atoms with Gasteiger partial charge in [-0.05, 0) is 19.3 Å². The van der Waals surface area contributed by atoms with Crippen LogP contribution in [0, 0.1) is 10.1 Å². The Balaban J connectivity index is 2.21. The van der Waals surface area contributed by atoms with E-state index in [1.54, 1.807) is 6.07 Å². The molecule has 1 aromatic carbocycles. The number of benzene rings is 1. The van der Waals surface area contributed by atoms with Gasteiger partial charge in [0, 0.05) is 29.9 Å². The minimum absolute atomic E-state index is 0.0171. The van der Waals surface area contributed by atoms with Gasteiger partial charge in [0.2, 0.25) is 0 Å². The van der Waals surface area contributed by atoms with Crippen molar-refractivity contribution < 1.29 is 9.66 Å². The van der Waals surface area contributed by atoms with E-state index in [1.807, 2.05) is 0 Å². The van der Waals surface area contributed by atoms with Crippen molar-refractivity contribution in [1.29, 1.82) is 0 Å². The number of nitrogens with one attached hydrogen (secondary N) is 1. The SMILES string of the molecule is COc1cc(NC2CCCC2N)cc([N+](=O)[O-])c1. The molecule has 98 valence electrons. The summed E-state index contributed by atoms with van der Waals surface area (Å²) in [5.41, 5.74) is 6.67. The van der Waals surface area contributed by atoms with Gasteiger partial charge in [0.15, 0.2) is 0 Å². The van der Waals surface area contributed by atoms with Crippen LogP contribution in [0.15, 0.2) is 18.2 Å². The quantitative estimate of drug-likeness (QED) is 0.630. The zero-order chi connectivity index (χ0) is 13.1. The van der Waals surface area contributed by atoms with Gasteiger partial charge in [0.05, 0.1) is 18.1 Å². The molecule has 1 aromatic rings. The minimum Gasteiger partial charge on any atom is -0.496 e. The molecular formula is C12H17N3O3. The van der Waals surface area contributed by atoms with E-state index >= 15 is 0 Å². The van der Waals surface area contributed by atoms with Crippen LogP contribution < -0.4 is 15.8 Å². The van der Waals surface area contributed by atoms with Crippen molar-refractivity contribution in [3.05, 3.63) is 28.3 Å². The molecule has 2 unspecified atom stereocenters. The molecule has 1 aliphatic carbocycles. The predicted molar refractivity (Wildman–Crippen MR) is 68.9 cm³/mol. The fraction of sp³-hybridized carbons (Fsp3) is 0.500. The Kier molecular flexibility index (Phi) is 3.66. The van der Waals surface area contributed by atoms with Crippen LogP contribution in [0.25, 0.3) is 0 Å². The van der Waals surface area contributed by atoms with Crippen molar-refractivity contribution >= 4 is 11.4 Å². The monoisotopic (exact) mass is 251 g/mol. The molecular weight excluding hydrogens is 234 g/mol. The number of nitrogens with zero attached hydrogens (tertiary/aromatic N) is 1. The molecule has 0 radical (unpaired) electrons. The van der Waals surface area contributed by atoms with Crippen molar-refractivity contribution in [2.24, 2.45) is 5.73 Å². The highest BCUT2D eigenvalue weighted by Gasteiger charge is 2.24. The first-order valence-electron chi connectivity index (χ1n) is 5.96. The molecule has 0 aromatic heterocycles. The first-order chi connectivity index (χ1) is 8.60. The Bertz CT molecular complexity index is 450. The number of rotatable bonds is 4. The van der Waals surface area contributed by atoms with E-state index in [2.05, 4.69) is 5.32 Å². The van der Waals surface area contributed by atoms with Crippen molar-refractivity contribution in [2.75, 3.05) is 12.4 Å². The number of ether oxygens (including phenoxy) is 1. The number of non-ortho nitro benzene ring substituents is 1. The number of methoxy groups -OCH3 is 1. The summed E-state index contributed by atoms with van der Waals surface area (Å²) < 4.78 is 5.06. The van der Waals surface area contributed by atoms with E-state index < -0.39 is 4.92 Å². The van der Waals surface area contributed by atoms with Crippen LogP contribution in [0.2, 0.25) is 0 Å². The highest BCUT2D eigenvalue weighted by molar-refractivity contribution is 5.57. The summed E-state index contributed by atoms with van der Waals surface area (Å²) in [6.07, 6.45) is 3.07. The lowest BCUT2D eigenvalue weighted by Gasteiger charge is -2.18. The minimum atomic E-state index is -0.428. The Morgan fingerprint density at radius 1 is 1.44 bits per heavy atom. The van der Waals surface area contributed by atoms with Crippen LogP contribution in [-0.4, -0.2) is 24.1 Å². The molecule has 0 saturated heterocycles. The molecule has 0 bridgehead atoms. The van der Waals surface area contributed by atoms with Crippen LogP contribution in [0.4, 0.5) is 11.4 Å². The maximum atomic E-state index is 10.8. The van der Waals surface area contributed by atoms with E-state index in [0.717, 1.165) is 19.3 Å². The van der Waals surface area contributed by atoms with Gasteiger partial charge in [-0.25, -0.2) is 0 Å². The van der Waals surface area contributed by atoms with Gasteiger partial charge >= 0.3 is 0 Å². The fourth-order valence-electron chi connectivity index (χ4n) is 2.27. The third-order valence-electron chi connectivity index (χ3n) is 3.26. The molecule has 18 heavy (non-hydrogen) atoms. The van der Waals surface area contributed by atoms with Crippen LogP contribution in [0.5, 0.6) is 5.75 Å². The van der Waals surface area contributed by atoms with E-state index in [1.165, 1.54) is 19.2 Å². The van der Waals surface area contributed by atoms with E-state index in [9.17, 15) is 10.1 Å². The molecule has 1 saturated carbocycles. The molecule has 6 heteroatoms. The molecule has 2 atom stereocenters. The van der Waals surface area contributed by atoms with Gasteiger partial charge in [-0.3, -0.25) is 10.1 Å². The lowest BCUT2D eigenvalue weighted by Crippen LogP contribution is -2.35. The maximum Gasteiger partial charge on any atom is 0.275 e. The van der Waals surface area contributed by atoms with Gasteiger partial charge in [-0.1, -0.05) is 0 Å². The molecule has 0 aliphatic heterocycles. The van der Waals surface area contributed by atoms with E-state index in [4.69, 9.17) is 10.5 Å². The molecule has 1 fully saturated rings. The average Bonchev–Trinajstić information content (AvgIpc) is 2.74. The summed E-state index contributed by atoms with van der Waals surface area (Å²) in [6.45, 7) is 0. The molecule has 1 aliphatic rings. The Morgan fingerprint density at radius 2 is 2.22 bits per heavy atom. The second-order valence-electron chi connectivity index (χ2n) is 4.52. The smallest absolute Gasteiger partial charge is 0.275 e. The van der Waals surface area contributed by atoms with Gasteiger partial charge in [0.25, 0.3) is 5.69 Å². The first-order valence-corrected chi connectivity index (χ1v) is 5.96. The largest absolute Gasteiger partial charge is 0.496 e.